The van der Waals surface area contributed by atoms with Crippen LogP contribution in [0.5, 0.6) is 11.5 Å². The molecule has 1 amide bonds. The molecule has 3 aromatic carbocycles. The van der Waals surface area contributed by atoms with Crippen LogP contribution in [0.1, 0.15) is 17.2 Å². The Morgan fingerprint density at radius 3 is 1.91 bits per heavy atom. The van der Waals surface area contributed by atoms with Gasteiger partial charge in [-0.25, -0.2) is 4.79 Å². The van der Waals surface area contributed by atoms with Gasteiger partial charge in [-0.05, 0) is 58.0 Å². The fourth-order valence-corrected chi connectivity index (χ4v) is 3.40. The van der Waals surface area contributed by atoms with Crippen LogP contribution in [0.3, 0.4) is 0 Å². The zero-order valence-electron chi connectivity index (χ0n) is 18.2. The van der Waals surface area contributed by atoms with Crippen molar-refractivity contribution >= 4 is 5.91 Å². The summed E-state index contributed by atoms with van der Waals surface area (Å²) in [6, 6.07) is 23.3. The minimum absolute atomic E-state index is 0.269. The molecule has 0 atom stereocenters. The van der Waals surface area contributed by atoms with Crippen molar-refractivity contribution in [2.45, 2.75) is 12.6 Å². The fourth-order valence-electron chi connectivity index (χ4n) is 3.40. The van der Waals surface area contributed by atoms with E-state index in [0.717, 1.165) is 20.5 Å². The van der Waals surface area contributed by atoms with Gasteiger partial charge in [0.25, 0.3) is 0 Å². The number of rotatable bonds is 8. The Kier molecular flexibility index (Phi) is 6.49. The zero-order valence-corrected chi connectivity index (χ0v) is 18.2. The number of hydrogen-bond donors (Lipinski definition) is 1. The number of aromatic nitrogens is 4. The Morgan fingerprint density at radius 1 is 0.848 bits per heavy atom. The van der Waals surface area contributed by atoms with E-state index in [1.807, 2.05) is 54.6 Å². The van der Waals surface area contributed by atoms with E-state index in [1.54, 1.807) is 38.5 Å². The molecule has 0 spiro atoms. The van der Waals surface area contributed by atoms with Gasteiger partial charge in [-0.15, -0.1) is 0 Å². The van der Waals surface area contributed by atoms with Crippen LogP contribution in [0.4, 0.5) is 0 Å². The number of carbonyl (C=O) groups excluding carboxylic acids is 1. The third-order valence-corrected chi connectivity index (χ3v) is 5.14. The molecule has 0 fully saturated rings. The van der Waals surface area contributed by atoms with E-state index in [-0.39, 0.29) is 12.5 Å². The summed E-state index contributed by atoms with van der Waals surface area (Å²) in [5.41, 5.74) is 1.79. The first-order valence-electron chi connectivity index (χ1n) is 10.2. The number of amides is 1. The van der Waals surface area contributed by atoms with Crippen molar-refractivity contribution in [1.29, 1.82) is 0 Å². The lowest BCUT2D eigenvalue weighted by Gasteiger charge is -2.20. The van der Waals surface area contributed by atoms with Gasteiger partial charge in [-0.2, -0.15) is 9.36 Å². The van der Waals surface area contributed by atoms with Crippen molar-refractivity contribution in [1.82, 2.24) is 25.1 Å². The average Bonchev–Trinajstić information content (AvgIpc) is 3.23. The maximum atomic E-state index is 12.9. The van der Waals surface area contributed by atoms with Crippen LogP contribution in [-0.2, 0) is 11.3 Å². The van der Waals surface area contributed by atoms with Crippen LogP contribution in [0, 0.1) is 0 Å². The lowest BCUT2D eigenvalue weighted by molar-refractivity contribution is -0.122. The van der Waals surface area contributed by atoms with Crippen LogP contribution in [0.2, 0.25) is 0 Å². The molecule has 0 aliphatic carbocycles. The SMILES string of the molecule is COc1ccc(C(NC(=O)Cn2nnn(-c3ccccc3)c2=O)c2ccc(OC)cc2)cc1. The number of methoxy groups -OCH3 is 2. The van der Waals surface area contributed by atoms with E-state index >= 15 is 0 Å². The monoisotopic (exact) mass is 445 g/mol. The maximum Gasteiger partial charge on any atom is 0.368 e. The summed E-state index contributed by atoms with van der Waals surface area (Å²) in [6.07, 6.45) is 0. The number of tetrazole rings is 1. The first kappa shape index (κ1) is 21.8. The summed E-state index contributed by atoms with van der Waals surface area (Å²) in [6.45, 7) is -0.269. The number of hydrogen-bond acceptors (Lipinski definition) is 6. The first-order valence-corrected chi connectivity index (χ1v) is 10.2. The van der Waals surface area contributed by atoms with Gasteiger partial charge in [0.2, 0.25) is 5.91 Å². The molecule has 1 heterocycles. The lowest BCUT2D eigenvalue weighted by atomic mass is 9.98. The molecule has 0 unspecified atom stereocenters. The highest BCUT2D eigenvalue weighted by Gasteiger charge is 2.19. The molecule has 0 aliphatic heterocycles. The third-order valence-electron chi connectivity index (χ3n) is 5.14. The third kappa shape index (κ3) is 4.93. The highest BCUT2D eigenvalue weighted by atomic mass is 16.5. The number of carbonyl (C=O) groups is 1. The summed E-state index contributed by atoms with van der Waals surface area (Å²) in [5.74, 6) is 1.04. The Labute approximate surface area is 190 Å². The van der Waals surface area contributed by atoms with Gasteiger partial charge in [0.15, 0.2) is 0 Å². The van der Waals surface area contributed by atoms with Crippen LogP contribution in [0.25, 0.3) is 5.69 Å². The molecule has 0 saturated carbocycles. The van der Waals surface area contributed by atoms with Crippen molar-refractivity contribution in [2.24, 2.45) is 0 Å². The Hall–Kier alpha value is -4.40. The minimum Gasteiger partial charge on any atom is -0.497 e. The molecule has 33 heavy (non-hydrogen) atoms. The smallest absolute Gasteiger partial charge is 0.368 e. The standard InChI is InChI=1S/C24H23N5O4/c1-32-20-12-8-17(9-13-20)23(18-10-14-21(33-2)15-11-18)25-22(30)16-28-24(31)29(27-26-28)19-6-4-3-5-7-19/h3-15,23H,16H2,1-2H3,(H,25,30). The quantitative estimate of drug-likeness (QED) is 0.447. The Bertz CT molecular complexity index is 1220. The topological polar surface area (TPSA) is 100 Å². The van der Waals surface area contributed by atoms with Crippen LogP contribution >= 0.6 is 0 Å². The minimum atomic E-state index is -0.498. The number of para-hydroxylation sites is 1. The number of ether oxygens (including phenoxy) is 2. The highest BCUT2D eigenvalue weighted by Crippen LogP contribution is 2.26. The molecule has 9 nitrogen and oxygen atoms in total. The van der Waals surface area contributed by atoms with Crippen LogP contribution < -0.4 is 20.5 Å². The fraction of sp³-hybridized carbons (Fsp3) is 0.167. The van der Waals surface area contributed by atoms with E-state index in [0.29, 0.717) is 17.2 Å². The maximum absolute atomic E-state index is 12.9. The van der Waals surface area contributed by atoms with Crippen molar-refractivity contribution in [3.63, 3.8) is 0 Å². The normalized spacial score (nSPS) is 10.8. The summed E-state index contributed by atoms with van der Waals surface area (Å²) in [7, 11) is 3.19. The van der Waals surface area contributed by atoms with Crippen LogP contribution in [0.15, 0.2) is 83.7 Å². The molecule has 168 valence electrons. The first-order chi connectivity index (χ1) is 16.1. The van der Waals surface area contributed by atoms with Crippen molar-refractivity contribution in [2.75, 3.05) is 14.2 Å². The molecular formula is C24H23N5O4. The Balaban J connectivity index is 1.57. The van der Waals surface area contributed by atoms with Gasteiger partial charge in [0.05, 0.1) is 25.9 Å². The molecule has 4 aromatic rings. The van der Waals surface area contributed by atoms with E-state index in [1.165, 1.54) is 0 Å². The van der Waals surface area contributed by atoms with E-state index in [9.17, 15) is 9.59 Å². The van der Waals surface area contributed by atoms with Crippen molar-refractivity contribution < 1.29 is 14.3 Å². The van der Waals surface area contributed by atoms with Crippen molar-refractivity contribution in [3.05, 3.63) is 100 Å². The molecule has 9 heteroatoms. The van der Waals surface area contributed by atoms with Gasteiger partial charge in [-0.1, -0.05) is 42.5 Å². The molecule has 0 saturated heterocycles. The molecule has 0 radical (unpaired) electrons. The highest BCUT2D eigenvalue weighted by molar-refractivity contribution is 5.76. The number of benzene rings is 3. The summed E-state index contributed by atoms with van der Waals surface area (Å²) >= 11 is 0. The van der Waals surface area contributed by atoms with Crippen molar-refractivity contribution in [3.8, 4) is 17.2 Å². The van der Waals surface area contributed by atoms with Gasteiger partial charge in [-0.3, -0.25) is 4.79 Å². The summed E-state index contributed by atoms with van der Waals surface area (Å²) in [4.78, 5) is 25.6. The van der Waals surface area contributed by atoms with Gasteiger partial charge >= 0.3 is 5.69 Å². The zero-order chi connectivity index (χ0) is 23.2. The predicted molar refractivity (Wildman–Crippen MR) is 122 cm³/mol. The van der Waals surface area contributed by atoms with Crippen LogP contribution in [-0.4, -0.2) is 39.9 Å². The second-order valence-electron chi connectivity index (χ2n) is 7.21. The van der Waals surface area contributed by atoms with E-state index < -0.39 is 11.7 Å². The summed E-state index contributed by atoms with van der Waals surface area (Å²) < 4.78 is 12.7. The van der Waals surface area contributed by atoms with Gasteiger partial charge in [0, 0.05) is 0 Å². The second-order valence-corrected chi connectivity index (χ2v) is 7.21. The van der Waals surface area contributed by atoms with E-state index in [2.05, 4.69) is 15.7 Å². The summed E-state index contributed by atoms with van der Waals surface area (Å²) in [5, 5.41) is 10.7. The predicted octanol–water partition coefficient (Wildman–Crippen LogP) is 2.35. The lowest BCUT2D eigenvalue weighted by Crippen LogP contribution is -2.36. The van der Waals surface area contributed by atoms with Gasteiger partial charge in [0.1, 0.15) is 18.0 Å². The largest absolute Gasteiger partial charge is 0.497 e. The molecule has 0 bridgehead atoms. The second kappa shape index (κ2) is 9.82. The molecule has 0 aliphatic rings. The molecule has 4 rings (SSSR count). The Morgan fingerprint density at radius 2 is 1.39 bits per heavy atom. The van der Waals surface area contributed by atoms with Gasteiger partial charge < -0.3 is 14.8 Å². The molecule has 1 N–H and O–H groups in total. The molecular weight excluding hydrogens is 422 g/mol. The number of nitrogens with one attached hydrogen (secondary N) is 1. The van der Waals surface area contributed by atoms with E-state index in [4.69, 9.17) is 9.47 Å². The average molecular weight is 445 g/mol. The molecule has 1 aromatic heterocycles. The number of nitrogens with zero attached hydrogens (tertiary/aromatic N) is 4.